The number of carbonyl (C=O) groups excluding carboxylic acids is 2. The first-order chi connectivity index (χ1) is 15.3. The SMILES string of the molecule is CC(=O)N1CCN(c2ccc3c(c2)[C@H](Nc2cnc(C)cn2)[C@@H](C)[C@H](C)N3C(C)=O)CC1. The van der Waals surface area contributed by atoms with Crippen molar-refractivity contribution in [2.24, 2.45) is 5.92 Å². The lowest BCUT2D eigenvalue weighted by Crippen LogP contribution is -2.49. The minimum Gasteiger partial charge on any atom is -0.368 e. The van der Waals surface area contributed by atoms with Crippen molar-refractivity contribution in [3.63, 3.8) is 0 Å². The van der Waals surface area contributed by atoms with Gasteiger partial charge in [0.15, 0.2) is 0 Å². The zero-order valence-electron chi connectivity index (χ0n) is 19.5. The molecular weight excluding hydrogens is 404 g/mol. The quantitative estimate of drug-likeness (QED) is 0.797. The molecule has 8 heteroatoms. The van der Waals surface area contributed by atoms with Crippen molar-refractivity contribution in [3.05, 3.63) is 41.9 Å². The molecular formula is C24H32N6O2. The molecule has 8 nitrogen and oxygen atoms in total. The summed E-state index contributed by atoms with van der Waals surface area (Å²) in [5.74, 6) is 1.06. The summed E-state index contributed by atoms with van der Waals surface area (Å²) < 4.78 is 0. The molecule has 1 aromatic heterocycles. The van der Waals surface area contributed by atoms with Crippen LogP contribution in [0.15, 0.2) is 30.6 Å². The second-order valence-electron chi connectivity index (χ2n) is 8.89. The topological polar surface area (TPSA) is 81.7 Å². The van der Waals surface area contributed by atoms with Gasteiger partial charge in [0.25, 0.3) is 0 Å². The predicted molar refractivity (Wildman–Crippen MR) is 126 cm³/mol. The molecule has 2 aliphatic rings. The Balaban J connectivity index is 1.69. The van der Waals surface area contributed by atoms with Crippen LogP contribution in [0, 0.1) is 12.8 Å². The Morgan fingerprint density at radius 2 is 1.72 bits per heavy atom. The Morgan fingerprint density at radius 3 is 2.31 bits per heavy atom. The molecule has 3 atom stereocenters. The van der Waals surface area contributed by atoms with Crippen LogP contribution in [0.2, 0.25) is 0 Å². The van der Waals surface area contributed by atoms with Crippen LogP contribution in [-0.4, -0.2) is 58.9 Å². The van der Waals surface area contributed by atoms with E-state index in [1.165, 1.54) is 0 Å². The number of anilines is 3. The Bertz CT molecular complexity index is 1000. The summed E-state index contributed by atoms with van der Waals surface area (Å²) in [5.41, 5.74) is 4.00. The molecule has 0 spiro atoms. The maximum Gasteiger partial charge on any atom is 0.224 e. The number of hydrogen-bond acceptors (Lipinski definition) is 6. The lowest BCUT2D eigenvalue weighted by Gasteiger charge is -2.44. The summed E-state index contributed by atoms with van der Waals surface area (Å²) in [7, 11) is 0. The predicted octanol–water partition coefficient (Wildman–Crippen LogP) is 3.00. The molecule has 4 rings (SSSR count). The van der Waals surface area contributed by atoms with E-state index in [4.69, 9.17) is 0 Å². The van der Waals surface area contributed by atoms with Crippen LogP contribution in [-0.2, 0) is 9.59 Å². The number of benzene rings is 1. The number of hydrogen-bond donors (Lipinski definition) is 1. The first-order valence-electron chi connectivity index (χ1n) is 11.3. The lowest BCUT2D eigenvalue weighted by molar-refractivity contribution is -0.129. The summed E-state index contributed by atoms with van der Waals surface area (Å²) in [6, 6.07) is 6.37. The highest BCUT2D eigenvalue weighted by Crippen LogP contribution is 2.43. The standard InChI is InChI=1S/C24H32N6O2/c1-15-13-26-23(14-25-15)27-24-16(2)17(3)30(19(5)32)22-7-6-20(12-21(22)24)29-10-8-28(9-11-29)18(4)31/h6-7,12-14,16-17,24H,8-11H2,1-5H3,(H,26,27)/t16-,17-,24+/m0/s1. The molecule has 0 unspecified atom stereocenters. The van der Waals surface area contributed by atoms with Gasteiger partial charge in [-0.1, -0.05) is 6.92 Å². The molecule has 2 aliphatic heterocycles. The number of nitrogens with zero attached hydrogens (tertiary/aromatic N) is 5. The maximum absolute atomic E-state index is 12.5. The Hall–Kier alpha value is -3.16. The summed E-state index contributed by atoms with van der Waals surface area (Å²) in [6.07, 6.45) is 3.52. The van der Waals surface area contributed by atoms with Gasteiger partial charge in [0, 0.05) is 68.9 Å². The average Bonchev–Trinajstić information content (AvgIpc) is 2.78. The highest BCUT2D eigenvalue weighted by Gasteiger charge is 2.38. The van der Waals surface area contributed by atoms with E-state index < -0.39 is 0 Å². The van der Waals surface area contributed by atoms with Gasteiger partial charge in [-0.05, 0) is 32.0 Å². The summed E-state index contributed by atoms with van der Waals surface area (Å²) in [6.45, 7) is 12.5. The third-order valence-electron chi connectivity index (χ3n) is 6.81. The van der Waals surface area contributed by atoms with E-state index >= 15 is 0 Å². The van der Waals surface area contributed by atoms with Crippen LogP contribution < -0.4 is 15.1 Å². The van der Waals surface area contributed by atoms with Gasteiger partial charge < -0.3 is 20.0 Å². The summed E-state index contributed by atoms with van der Waals surface area (Å²) in [5, 5.41) is 3.57. The Labute approximate surface area is 189 Å². The molecule has 1 aromatic carbocycles. The second kappa shape index (κ2) is 8.76. The summed E-state index contributed by atoms with van der Waals surface area (Å²) in [4.78, 5) is 39.2. The third-order valence-corrected chi connectivity index (χ3v) is 6.81. The molecule has 3 heterocycles. The lowest BCUT2D eigenvalue weighted by atomic mass is 9.82. The number of carbonyl (C=O) groups is 2. The smallest absolute Gasteiger partial charge is 0.224 e. The van der Waals surface area contributed by atoms with Crippen LogP contribution in [0.5, 0.6) is 0 Å². The molecule has 1 saturated heterocycles. The fourth-order valence-electron chi connectivity index (χ4n) is 4.79. The third kappa shape index (κ3) is 4.13. The number of piperazine rings is 1. The Morgan fingerprint density at radius 1 is 1.00 bits per heavy atom. The van der Waals surface area contributed by atoms with Gasteiger partial charge in [-0.3, -0.25) is 14.6 Å². The van der Waals surface area contributed by atoms with E-state index in [1.807, 2.05) is 16.7 Å². The molecule has 0 bridgehead atoms. The van der Waals surface area contributed by atoms with Gasteiger partial charge in [0.05, 0.1) is 24.1 Å². The highest BCUT2D eigenvalue weighted by molar-refractivity contribution is 5.94. The van der Waals surface area contributed by atoms with Crippen molar-refractivity contribution < 1.29 is 9.59 Å². The first-order valence-corrected chi connectivity index (χ1v) is 11.3. The normalized spacial score (nSPS) is 23.0. The van der Waals surface area contributed by atoms with Crippen molar-refractivity contribution >= 4 is 29.0 Å². The van der Waals surface area contributed by atoms with Gasteiger partial charge in [-0.25, -0.2) is 4.98 Å². The number of amides is 2. The molecule has 1 fully saturated rings. The van der Waals surface area contributed by atoms with Gasteiger partial charge in [0.1, 0.15) is 5.82 Å². The summed E-state index contributed by atoms with van der Waals surface area (Å²) >= 11 is 0. The number of aryl methyl sites for hydroxylation is 1. The molecule has 170 valence electrons. The molecule has 2 aromatic rings. The van der Waals surface area contributed by atoms with Crippen molar-refractivity contribution in [3.8, 4) is 0 Å². The largest absolute Gasteiger partial charge is 0.368 e. The zero-order valence-corrected chi connectivity index (χ0v) is 19.5. The van der Waals surface area contributed by atoms with E-state index in [1.54, 1.807) is 26.2 Å². The highest BCUT2D eigenvalue weighted by atomic mass is 16.2. The van der Waals surface area contributed by atoms with E-state index in [2.05, 4.69) is 52.2 Å². The molecule has 0 saturated carbocycles. The van der Waals surface area contributed by atoms with E-state index in [0.717, 1.165) is 54.6 Å². The van der Waals surface area contributed by atoms with Crippen molar-refractivity contribution in [1.82, 2.24) is 14.9 Å². The number of fused-ring (bicyclic) bond motifs is 1. The van der Waals surface area contributed by atoms with Gasteiger partial charge in [0.2, 0.25) is 11.8 Å². The van der Waals surface area contributed by atoms with E-state index in [0.29, 0.717) is 0 Å². The molecule has 2 amide bonds. The van der Waals surface area contributed by atoms with Crippen molar-refractivity contribution in [2.75, 3.05) is 41.3 Å². The van der Waals surface area contributed by atoms with Crippen LogP contribution in [0.3, 0.4) is 0 Å². The fraction of sp³-hybridized carbons (Fsp3) is 0.500. The van der Waals surface area contributed by atoms with Crippen LogP contribution in [0.1, 0.15) is 45.0 Å². The second-order valence-corrected chi connectivity index (χ2v) is 8.89. The molecule has 0 aliphatic carbocycles. The first kappa shape index (κ1) is 22.0. The van der Waals surface area contributed by atoms with Crippen LogP contribution in [0.25, 0.3) is 0 Å². The molecule has 0 radical (unpaired) electrons. The minimum absolute atomic E-state index is 0.00827. The van der Waals surface area contributed by atoms with Gasteiger partial charge >= 0.3 is 0 Å². The minimum atomic E-state index is -0.00827. The number of nitrogens with one attached hydrogen (secondary N) is 1. The monoisotopic (exact) mass is 436 g/mol. The molecule has 32 heavy (non-hydrogen) atoms. The van der Waals surface area contributed by atoms with Crippen molar-refractivity contribution in [1.29, 1.82) is 0 Å². The van der Waals surface area contributed by atoms with Crippen LogP contribution >= 0.6 is 0 Å². The average molecular weight is 437 g/mol. The van der Waals surface area contributed by atoms with E-state index in [9.17, 15) is 9.59 Å². The number of rotatable bonds is 3. The maximum atomic E-state index is 12.5. The molecule has 1 N–H and O–H groups in total. The fourth-order valence-corrected chi connectivity index (χ4v) is 4.79. The zero-order chi connectivity index (χ0) is 23.0. The van der Waals surface area contributed by atoms with E-state index in [-0.39, 0.29) is 29.8 Å². The van der Waals surface area contributed by atoms with Crippen LogP contribution in [0.4, 0.5) is 17.2 Å². The van der Waals surface area contributed by atoms with Gasteiger partial charge in [-0.2, -0.15) is 0 Å². The van der Waals surface area contributed by atoms with Gasteiger partial charge in [-0.15, -0.1) is 0 Å². The Kier molecular flexibility index (Phi) is 6.04. The van der Waals surface area contributed by atoms with Crippen molar-refractivity contribution in [2.45, 2.75) is 46.7 Å². The number of aromatic nitrogens is 2.